The number of hydrogen-bond donors (Lipinski definition) is 0. The van der Waals surface area contributed by atoms with Crippen LogP contribution in [0.4, 0.5) is 4.39 Å². The molecule has 50 valence electrons. The summed E-state index contributed by atoms with van der Waals surface area (Å²) in [5.41, 5.74) is 0.865. The molecule has 0 aliphatic rings. The maximum atomic E-state index is 12.2. The summed E-state index contributed by atoms with van der Waals surface area (Å²) in [6, 6.07) is 2.93. The van der Waals surface area contributed by atoms with Gasteiger partial charge in [-0.25, -0.2) is 4.98 Å². The fourth-order valence-corrected chi connectivity index (χ4v) is 0.629. The zero-order valence-corrected chi connectivity index (χ0v) is 5.34. The van der Waals surface area contributed by atoms with Gasteiger partial charge in [0, 0.05) is 12.6 Å². The van der Waals surface area contributed by atoms with Crippen LogP contribution in [0, 0.1) is 18.3 Å². The van der Waals surface area contributed by atoms with Crippen molar-refractivity contribution in [2.45, 2.75) is 6.42 Å². The van der Waals surface area contributed by atoms with E-state index in [1.54, 1.807) is 6.07 Å². The molecule has 1 aromatic heterocycles. The monoisotopic (exact) mass is 135 g/mol. The van der Waals surface area contributed by atoms with Crippen LogP contribution in [0.2, 0.25) is 0 Å². The molecule has 0 atom stereocenters. The van der Waals surface area contributed by atoms with Gasteiger partial charge in [-0.2, -0.15) is 4.39 Å². The van der Waals surface area contributed by atoms with E-state index >= 15 is 0 Å². The Hall–Kier alpha value is -1.36. The number of aromatic nitrogens is 1. The molecule has 0 bridgehead atoms. The van der Waals surface area contributed by atoms with E-state index in [0.29, 0.717) is 6.42 Å². The Kier molecular flexibility index (Phi) is 2.01. The lowest BCUT2D eigenvalue weighted by molar-refractivity contribution is 0.582. The summed E-state index contributed by atoms with van der Waals surface area (Å²) >= 11 is 0. The molecular weight excluding hydrogens is 129 g/mol. The summed E-state index contributed by atoms with van der Waals surface area (Å²) in [5, 5.41) is 0. The number of hydrogen-bond acceptors (Lipinski definition) is 1. The maximum Gasteiger partial charge on any atom is 0.212 e. The molecule has 1 aromatic rings. The van der Waals surface area contributed by atoms with Gasteiger partial charge < -0.3 is 0 Å². The van der Waals surface area contributed by atoms with Gasteiger partial charge in [0.2, 0.25) is 5.95 Å². The van der Waals surface area contributed by atoms with Crippen molar-refractivity contribution in [1.82, 2.24) is 4.98 Å². The summed E-state index contributed by atoms with van der Waals surface area (Å²) in [6.45, 7) is 0. The van der Waals surface area contributed by atoms with E-state index in [4.69, 9.17) is 6.42 Å². The summed E-state index contributed by atoms with van der Waals surface area (Å²) in [5.74, 6) is 1.97. The average molecular weight is 135 g/mol. The van der Waals surface area contributed by atoms with Crippen molar-refractivity contribution in [2.75, 3.05) is 0 Å². The molecule has 1 nitrogen and oxygen atoms in total. The molecule has 0 saturated heterocycles. The van der Waals surface area contributed by atoms with E-state index in [2.05, 4.69) is 10.9 Å². The second-order valence-corrected chi connectivity index (χ2v) is 1.87. The van der Waals surface area contributed by atoms with E-state index in [9.17, 15) is 4.39 Å². The van der Waals surface area contributed by atoms with E-state index in [0.717, 1.165) is 5.56 Å². The minimum Gasteiger partial charge on any atom is -0.228 e. The quantitative estimate of drug-likeness (QED) is 0.419. The molecule has 0 amide bonds. The first kappa shape index (κ1) is 6.76. The molecule has 2 heteroatoms. The van der Waals surface area contributed by atoms with Crippen LogP contribution in [0.15, 0.2) is 18.3 Å². The van der Waals surface area contributed by atoms with Crippen molar-refractivity contribution in [3.63, 3.8) is 0 Å². The highest BCUT2D eigenvalue weighted by Crippen LogP contribution is 1.98. The normalized spacial score (nSPS) is 8.80. The van der Waals surface area contributed by atoms with Crippen LogP contribution in [0.5, 0.6) is 0 Å². The van der Waals surface area contributed by atoms with Crippen LogP contribution in [0.1, 0.15) is 5.56 Å². The van der Waals surface area contributed by atoms with Gasteiger partial charge in [0.15, 0.2) is 0 Å². The molecule has 1 heterocycles. The summed E-state index contributed by atoms with van der Waals surface area (Å²) in [6.07, 6.45) is 6.97. The first-order chi connectivity index (χ1) is 4.83. The van der Waals surface area contributed by atoms with Gasteiger partial charge in [0.05, 0.1) is 0 Å². The van der Waals surface area contributed by atoms with Crippen LogP contribution >= 0.6 is 0 Å². The van der Waals surface area contributed by atoms with Crippen LogP contribution in [0.3, 0.4) is 0 Å². The largest absolute Gasteiger partial charge is 0.228 e. The summed E-state index contributed by atoms with van der Waals surface area (Å²) in [7, 11) is 0. The zero-order chi connectivity index (χ0) is 7.40. The number of rotatable bonds is 1. The average Bonchev–Trinajstić information content (AvgIpc) is 1.95. The van der Waals surface area contributed by atoms with E-state index in [-0.39, 0.29) is 0 Å². The Morgan fingerprint density at radius 1 is 1.60 bits per heavy atom. The van der Waals surface area contributed by atoms with Crippen molar-refractivity contribution in [2.24, 2.45) is 0 Å². The third kappa shape index (κ3) is 1.56. The second-order valence-electron chi connectivity index (χ2n) is 1.87. The SMILES string of the molecule is C#CCc1ccc(F)nc1. The number of pyridine rings is 1. The topological polar surface area (TPSA) is 12.9 Å². The summed E-state index contributed by atoms with van der Waals surface area (Å²) < 4.78 is 12.2. The van der Waals surface area contributed by atoms with Crippen LogP contribution in [-0.4, -0.2) is 4.98 Å². The Morgan fingerprint density at radius 3 is 2.90 bits per heavy atom. The molecule has 0 spiro atoms. The fourth-order valence-electron chi connectivity index (χ4n) is 0.629. The molecular formula is C8H6FN. The van der Waals surface area contributed by atoms with Gasteiger partial charge >= 0.3 is 0 Å². The fraction of sp³-hybridized carbons (Fsp3) is 0.125. The first-order valence-corrected chi connectivity index (χ1v) is 2.87. The molecule has 0 saturated carbocycles. The van der Waals surface area contributed by atoms with Crippen molar-refractivity contribution in [1.29, 1.82) is 0 Å². The van der Waals surface area contributed by atoms with E-state index < -0.39 is 5.95 Å². The van der Waals surface area contributed by atoms with E-state index in [1.165, 1.54) is 12.3 Å². The van der Waals surface area contributed by atoms with Gasteiger partial charge in [0.25, 0.3) is 0 Å². The van der Waals surface area contributed by atoms with Gasteiger partial charge in [-0.15, -0.1) is 12.3 Å². The molecule has 0 N–H and O–H groups in total. The van der Waals surface area contributed by atoms with Crippen molar-refractivity contribution in [3.05, 3.63) is 29.8 Å². The van der Waals surface area contributed by atoms with Crippen LogP contribution in [0.25, 0.3) is 0 Å². The maximum absolute atomic E-state index is 12.2. The zero-order valence-electron chi connectivity index (χ0n) is 5.34. The highest BCUT2D eigenvalue weighted by Gasteiger charge is 1.90. The van der Waals surface area contributed by atoms with Gasteiger partial charge in [-0.05, 0) is 11.6 Å². The lowest BCUT2D eigenvalue weighted by atomic mass is 10.2. The molecule has 0 fully saturated rings. The lowest BCUT2D eigenvalue weighted by Gasteiger charge is -1.91. The standard InChI is InChI=1S/C8H6FN/c1-2-3-7-4-5-8(9)10-6-7/h1,4-6H,3H2. The Bertz CT molecular complexity index is 245. The lowest BCUT2D eigenvalue weighted by Crippen LogP contribution is -1.85. The van der Waals surface area contributed by atoms with Crippen molar-refractivity contribution in [3.8, 4) is 12.3 Å². The Labute approximate surface area is 58.9 Å². The highest BCUT2D eigenvalue weighted by molar-refractivity contribution is 5.14. The minimum absolute atomic E-state index is 0.472. The van der Waals surface area contributed by atoms with Crippen LogP contribution < -0.4 is 0 Å². The van der Waals surface area contributed by atoms with Gasteiger partial charge in [-0.1, -0.05) is 6.07 Å². The number of terminal acetylenes is 1. The molecule has 1 rings (SSSR count). The smallest absolute Gasteiger partial charge is 0.212 e. The molecule has 0 unspecified atom stereocenters. The van der Waals surface area contributed by atoms with Crippen molar-refractivity contribution >= 4 is 0 Å². The Balaban J connectivity index is 2.81. The molecule has 0 aliphatic carbocycles. The van der Waals surface area contributed by atoms with E-state index in [1.807, 2.05) is 0 Å². The van der Waals surface area contributed by atoms with Crippen LogP contribution in [-0.2, 0) is 6.42 Å². The predicted octanol–water partition coefficient (Wildman–Crippen LogP) is 1.40. The first-order valence-electron chi connectivity index (χ1n) is 2.87. The van der Waals surface area contributed by atoms with Crippen molar-refractivity contribution < 1.29 is 4.39 Å². The highest BCUT2D eigenvalue weighted by atomic mass is 19.1. The molecule has 0 aromatic carbocycles. The molecule has 0 radical (unpaired) electrons. The summed E-state index contributed by atoms with van der Waals surface area (Å²) in [4.78, 5) is 3.44. The third-order valence-electron chi connectivity index (χ3n) is 1.09. The van der Waals surface area contributed by atoms with Gasteiger partial charge in [0.1, 0.15) is 0 Å². The molecule has 0 aliphatic heterocycles. The molecule has 10 heavy (non-hydrogen) atoms. The number of halogens is 1. The Morgan fingerprint density at radius 2 is 2.40 bits per heavy atom. The van der Waals surface area contributed by atoms with Gasteiger partial charge in [-0.3, -0.25) is 0 Å². The number of nitrogens with zero attached hydrogens (tertiary/aromatic N) is 1. The minimum atomic E-state index is -0.472. The second kappa shape index (κ2) is 2.98. The predicted molar refractivity (Wildman–Crippen MR) is 36.7 cm³/mol. The third-order valence-corrected chi connectivity index (χ3v) is 1.09.